The minimum atomic E-state index is 1.07. The topological polar surface area (TPSA) is 43.4 Å². The fraction of sp³-hybridized carbons (Fsp3) is 0.615. The molecule has 18 heavy (non-hydrogen) atoms. The van der Waals surface area contributed by atoms with Crippen molar-refractivity contribution in [1.29, 1.82) is 0 Å². The van der Waals surface area contributed by atoms with Gasteiger partial charge in [-0.25, -0.2) is 0 Å². The smallest absolute Gasteiger partial charge is 0.0574 e. The summed E-state index contributed by atoms with van der Waals surface area (Å²) in [4.78, 5) is 9.23. The third kappa shape index (κ3) is 2.57. The van der Waals surface area contributed by atoms with Gasteiger partial charge >= 0.3 is 0 Å². The van der Waals surface area contributed by atoms with E-state index < -0.39 is 0 Å². The number of rotatable bonds is 2. The zero-order valence-corrected chi connectivity index (χ0v) is 10.7. The molecule has 1 aromatic rings. The van der Waals surface area contributed by atoms with Crippen LogP contribution >= 0.6 is 0 Å². The van der Waals surface area contributed by atoms with Crippen LogP contribution in [-0.2, 0) is 0 Å². The number of nitrogens with zero attached hydrogens (tertiary/aromatic N) is 3. The minimum Gasteiger partial charge on any atom is -0.368 e. The van der Waals surface area contributed by atoms with Crippen LogP contribution in [0.2, 0.25) is 0 Å². The van der Waals surface area contributed by atoms with Crippen molar-refractivity contribution in [2.75, 3.05) is 62.2 Å². The Bertz CT molecular complexity index is 349. The van der Waals surface area contributed by atoms with Crippen LogP contribution in [0.1, 0.15) is 0 Å². The van der Waals surface area contributed by atoms with E-state index in [2.05, 4.69) is 31.5 Å². The largest absolute Gasteiger partial charge is 0.368 e. The molecule has 1 aromatic heterocycles. The van der Waals surface area contributed by atoms with Crippen molar-refractivity contribution in [3.63, 3.8) is 0 Å². The highest BCUT2D eigenvalue weighted by atomic mass is 15.2. The second-order valence-electron chi connectivity index (χ2n) is 4.88. The summed E-state index contributed by atoms with van der Waals surface area (Å²) in [6, 6.07) is 2.28. The lowest BCUT2D eigenvalue weighted by Gasteiger charge is -2.32. The van der Waals surface area contributed by atoms with Gasteiger partial charge in [0.15, 0.2) is 0 Å². The van der Waals surface area contributed by atoms with Gasteiger partial charge in [-0.3, -0.25) is 4.98 Å². The Labute approximate surface area is 108 Å². The lowest BCUT2D eigenvalue weighted by molar-refractivity contribution is 0.584. The van der Waals surface area contributed by atoms with Gasteiger partial charge in [-0.15, -0.1) is 0 Å². The van der Waals surface area contributed by atoms with Gasteiger partial charge in [0.05, 0.1) is 23.8 Å². The molecule has 0 bridgehead atoms. The Morgan fingerprint density at radius 3 is 1.67 bits per heavy atom. The molecule has 5 nitrogen and oxygen atoms in total. The van der Waals surface area contributed by atoms with E-state index >= 15 is 0 Å². The maximum atomic E-state index is 4.41. The van der Waals surface area contributed by atoms with Gasteiger partial charge in [0.1, 0.15) is 0 Å². The number of hydrogen-bond donors (Lipinski definition) is 2. The Morgan fingerprint density at radius 1 is 0.778 bits per heavy atom. The van der Waals surface area contributed by atoms with Gasteiger partial charge in [-0.1, -0.05) is 0 Å². The molecule has 0 radical (unpaired) electrons. The Balaban J connectivity index is 1.75. The fourth-order valence-electron chi connectivity index (χ4n) is 2.61. The second kappa shape index (κ2) is 5.54. The van der Waals surface area contributed by atoms with Crippen molar-refractivity contribution in [3.8, 4) is 0 Å². The zero-order valence-electron chi connectivity index (χ0n) is 10.7. The highest BCUT2D eigenvalue weighted by Gasteiger charge is 2.14. The number of hydrogen-bond acceptors (Lipinski definition) is 5. The molecule has 0 atom stereocenters. The number of piperazine rings is 2. The lowest BCUT2D eigenvalue weighted by Crippen LogP contribution is -2.44. The molecular formula is C13H21N5. The summed E-state index contributed by atoms with van der Waals surface area (Å²) in [6.45, 7) is 8.57. The Kier molecular flexibility index (Phi) is 3.61. The molecule has 0 spiro atoms. The van der Waals surface area contributed by atoms with Crippen molar-refractivity contribution in [3.05, 3.63) is 18.5 Å². The van der Waals surface area contributed by atoms with Gasteiger partial charge in [0.2, 0.25) is 0 Å². The summed E-state index contributed by atoms with van der Waals surface area (Å²) < 4.78 is 0. The van der Waals surface area contributed by atoms with Crippen molar-refractivity contribution in [2.24, 2.45) is 0 Å². The molecule has 0 aliphatic carbocycles. The molecular weight excluding hydrogens is 226 g/mol. The molecule has 0 amide bonds. The summed E-state index contributed by atoms with van der Waals surface area (Å²) in [5, 5.41) is 6.76. The van der Waals surface area contributed by atoms with Gasteiger partial charge in [-0.05, 0) is 6.07 Å². The van der Waals surface area contributed by atoms with E-state index in [1.54, 1.807) is 0 Å². The molecule has 0 saturated carbocycles. The van der Waals surface area contributed by atoms with E-state index in [1.807, 2.05) is 12.4 Å². The van der Waals surface area contributed by atoms with Crippen LogP contribution in [0.15, 0.2) is 18.5 Å². The Hall–Kier alpha value is -1.33. The van der Waals surface area contributed by atoms with E-state index in [4.69, 9.17) is 0 Å². The number of aromatic nitrogens is 1. The molecule has 3 rings (SSSR count). The summed E-state index contributed by atoms with van der Waals surface area (Å²) in [7, 11) is 0. The summed E-state index contributed by atoms with van der Waals surface area (Å²) >= 11 is 0. The molecule has 0 aromatic carbocycles. The first-order valence-corrected chi connectivity index (χ1v) is 6.80. The van der Waals surface area contributed by atoms with Crippen LogP contribution in [-0.4, -0.2) is 57.3 Å². The van der Waals surface area contributed by atoms with Gasteiger partial charge in [0.25, 0.3) is 0 Å². The first-order valence-electron chi connectivity index (χ1n) is 6.80. The van der Waals surface area contributed by atoms with Gasteiger partial charge in [-0.2, -0.15) is 0 Å². The van der Waals surface area contributed by atoms with E-state index in [0.29, 0.717) is 0 Å². The average molecular weight is 247 g/mol. The molecule has 98 valence electrons. The molecule has 2 fully saturated rings. The first kappa shape index (κ1) is 11.7. The van der Waals surface area contributed by atoms with Gasteiger partial charge < -0.3 is 20.4 Å². The predicted molar refractivity (Wildman–Crippen MR) is 74.4 cm³/mol. The summed E-state index contributed by atoms with van der Waals surface area (Å²) in [5.74, 6) is 0. The van der Waals surface area contributed by atoms with Crippen LogP contribution < -0.4 is 20.4 Å². The van der Waals surface area contributed by atoms with Crippen LogP contribution in [0.5, 0.6) is 0 Å². The zero-order chi connectivity index (χ0) is 12.2. The van der Waals surface area contributed by atoms with Crippen molar-refractivity contribution < 1.29 is 0 Å². The number of anilines is 2. The first-order chi connectivity index (χ1) is 8.93. The van der Waals surface area contributed by atoms with Crippen LogP contribution in [0, 0.1) is 0 Å². The standard InChI is InChI=1S/C13H21N5/c1-5-17(6-2-14-1)12-9-13(11-16-10-12)18-7-3-15-4-8-18/h9-11,14-15H,1-8H2. The molecule has 2 aliphatic heterocycles. The van der Waals surface area contributed by atoms with Gasteiger partial charge in [0, 0.05) is 52.4 Å². The van der Waals surface area contributed by atoms with E-state index in [9.17, 15) is 0 Å². The predicted octanol–water partition coefficient (Wildman–Crippen LogP) is -0.0992. The van der Waals surface area contributed by atoms with Crippen LogP contribution in [0.25, 0.3) is 0 Å². The highest BCUT2D eigenvalue weighted by Crippen LogP contribution is 2.21. The minimum absolute atomic E-state index is 1.07. The fourth-order valence-corrected chi connectivity index (χ4v) is 2.61. The molecule has 3 heterocycles. The molecule has 0 unspecified atom stereocenters. The maximum Gasteiger partial charge on any atom is 0.0574 e. The van der Waals surface area contributed by atoms with Crippen LogP contribution in [0.3, 0.4) is 0 Å². The molecule has 2 aliphatic rings. The van der Waals surface area contributed by atoms with Crippen molar-refractivity contribution in [1.82, 2.24) is 15.6 Å². The molecule has 2 saturated heterocycles. The monoisotopic (exact) mass is 247 g/mol. The van der Waals surface area contributed by atoms with E-state index in [1.165, 1.54) is 11.4 Å². The lowest BCUT2D eigenvalue weighted by atomic mass is 10.2. The number of pyridine rings is 1. The summed E-state index contributed by atoms with van der Waals surface area (Å²) in [6.07, 6.45) is 3.97. The van der Waals surface area contributed by atoms with Crippen molar-refractivity contribution in [2.45, 2.75) is 0 Å². The number of nitrogens with one attached hydrogen (secondary N) is 2. The second-order valence-corrected chi connectivity index (χ2v) is 4.88. The van der Waals surface area contributed by atoms with E-state index in [-0.39, 0.29) is 0 Å². The Morgan fingerprint density at radius 2 is 1.22 bits per heavy atom. The third-order valence-corrected chi connectivity index (χ3v) is 3.67. The highest BCUT2D eigenvalue weighted by molar-refractivity contribution is 5.57. The normalized spacial score (nSPS) is 21.1. The van der Waals surface area contributed by atoms with Crippen molar-refractivity contribution >= 4 is 11.4 Å². The van der Waals surface area contributed by atoms with E-state index in [0.717, 1.165) is 52.4 Å². The SMILES string of the molecule is c1ncc(N2CCNCC2)cc1N1CCNCC1. The quantitative estimate of drug-likeness (QED) is 0.764. The third-order valence-electron chi connectivity index (χ3n) is 3.67. The van der Waals surface area contributed by atoms with Crippen LogP contribution in [0.4, 0.5) is 11.4 Å². The maximum absolute atomic E-state index is 4.41. The molecule has 2 N–H and O–H groups in total. The molecule has 5 heteroatoms. The summed E-state index contributed by atoms with van der Waals surface area (Å²) in [5.41, 5.74) is 2.51. The average Bonchev–Trinajstić information content (AvgIpc) is 2.49.